The number of hydrogen-bond donors (Lipinski definition) is 0. The number of benzene rings is 2. The molecule has 1 heterocycles. The summed E-state index contributed by atoms with van der Waals surface area (Å²) in [6.07, 6.45) is 0.747. The summed E-state index contributed by atoms with van der Waals surface area (Å²) in [7, 11) is -1.63. The zero-order valence-electron chi connectivity index (χ0n) is 25.3. The van der Waals surface area contributed by atoms with E-state index in [0.717, 1.165) is 17.9 Å². The van der Waals surface area contributed by atoms with Gasteiger partial charge in [0.05, 0.1) is 6.10 Å². The van der Waals surface area contributed by atoms with Gasteiger partial charge in [-0.15, -0.1) is 0 Å². The summed E-state index contributed by atoms with van der Waals surface area (Å²) in [6, 6.07) is 9.36. The molecule has 3 rings (SSSR count). The Kier molecular flexibility index (Phi) is 7.75. The molecule has 1 aliphatic heterocycles. The van der Waals surface area contributed by atoms with Crippen molar-refractivity contribution in [2.75, 3.05) is 0 Å². The van der Waals surface area contributed by atoms with Gasteiger partial charge in [-0.05, 0) is 57.8 Å². The number of rotatable bonds is 2. The minimum atomic E-state index is -1.63. The first-order chi connectivity index (χ1) is 16.2. The molecule has 0 atom stereocenters. The molecule has 0 amide bonds. The van der Waals surface area contributed by atoms with Crippen molar-refractivity contribution in [2.24, 2.45) is 0 Å². The highest BCUT2D eigenvalue weighted by atomic mass is 31.2. The molecule has 3 nitrogen and oxygen atoms in total. The molecule has 0 bridgehead atoms. The van der Waals surface area contributed by atoms with E-state index in [-0.39, 0.29) is 27.8 Å². The minimum Gasteiger partial charge on any atom is -0.417 e. The first-order valence-electron chi connectivity index (χ1n) is 13.4. The number of hydrogen-bond acceptors (Lipinski definition) is 3. The highest BCUT2D eigenvalue weighted by molar-refractivity contribution is 7.42. The highest BCUT2D eigenvalue weighted by Crippen LogP contribution is 2.53. The van der Waals surface area contributed by atoms with Gasteiger partial charge in [0.2, 0.25) is 0 Å². The van der Waals surface area contributed by atoms with Crippen LogP contribution in [0.15, 0.2) is 24.3 Å². The second kappa shape index (κ2) is 9.63. The van der Waals surface area contributed by atoms with Crippen LogP contribution in [0.25, 0.3) is 0 Å². The van der Waals surface area contributed by atoms with E-state index in [1.165, 1.54) is 33.4 Å². The third kappa shape index (κ3) is 6.46. The van der Waals surface area contributed by atoms with Crippen molar-refractivity contribution in [3.8, 4) is 11.5 Å². The van der Waals surface area contributed by atoms with Crippen molar-refractivity contribution in [3.63, 3.8) is 0 Å². The van der Waals surface area contributed by atoms with Crippen molar-refractivity contribution in [3.05, 3.63) is 57.6 Å². The molecular formula is C32H49O3P. The Morgan fingerprint density at radius 1 is 0.611 bits per heavy atom. The van der Waals surface area contributed by atoms with Gasteiger partial charge in [-0.1, -0.05) is 107 Å². The van der Waals surface area contributed by atoms with Crippen molar-refractivity contribution < 1.29 is 13.6 Å². The second-order valence-electron chi connectivity index (χ2n) is 14.8. The lowest BCUT2D eigenvalue weighted by molar-refractivity contribution is 0.206. The van der Waals surface area contributed by atoms with Gasteiger partial charge in [0.1, 0.15) is 11.5 Å². The largest absolute Gasteiger partial charge is 0.463 e. The van der Waals surface area contributed by atoms with E-state index in [4.69, 9.17) is 13.6 Å². The molecule has 36 heavy (non-hydrogen) atoms. The first kappa shape index (κ1) is 29.0. The minimum absolute atomic E-state index is 0.0127. The Morgan fingerprint density at radius 3 is 1.25 bits per heavy atom. The molecule has 0 aromatic heterocycles. The zero-order valence-corrected chi connectivity index (χ0v) is 26.2. The SMILES string of the molecule is CC(C)OP1Oc2c(cc(C(C)(C)C)cc2C(C)(C)C)Cc2cc(C(C)(C)C)cc(C(C)(C)C)c2O1. The fraction of sp³-hybridized carbons (Fsp3) is 0.625. The van der Waals surface area contributed by atoms with E-state index in [2.05, 4.69) is 107 Å². The lowest BCUT2D eigenvalue weighted by atomic mass is 9.76. The van der Waals surface area contributed by atoms with Gasteiger partial charge in [-0.3, -0.25) is 4.52 Å². The molecule has 0 saturated heterocycles. The van der Waals surface area contributed by atoms with Crippen molar-refractivity contribution >= 4 is 8.60 Å². The van der Waals surface area contributed by atoms with Crippen LogP contribution >= 0.6 is 8.60 Å². The summed E-state index contributed by atoms with van der Waals surface area (Å²) in [5.41, 5.74) is 7.38. The van der Waals surface area contributed by atoms with Crippen LogP contribution in [0, 0.1) is 0 Å². The summed E-state index contributed by atoms with van der Waals surface area (Å²) in [4.78, 5) is 0. The number of fused-ring (bicyclic) bond motifs is 2. The highest BCUT2D eigenvalue weighted by Gasteiger charge is 2.35. The fourth-order valence-corrected chi connectivity index (χ4v) is 5.62. The van der Waals surface area contributed by atoms with E-state index >= 15 is 0 Å². The van der Waals surface area contributed by atoms with Gasteiger partial charge >= 0.3 is 8.60 Å². The summed E-state index contributed by atoms with van der Waals surface area (Å²) in [5.74, 6) is 1.85. The van der Waals surface area contributed by atoms with Crippen molar-refractivity contribution in [2.45, 2.75) is 131 Å². The Hall–Kier alpha value is -1.57. The summed E-state index contributed by atoms with van der Waals surface area (Å²) >= 11 is 0. The maximum atomic E-state index is 6.72. The molecule has 1 aliphatic rings. The summed E-state index contributed by atoms with van der Waals surface area (Å²) < 4.78 is 19.7. The normalized spacial score (nSPS) is 15.5. The Bertz CT molecular complexity index is 1020. The lowest BCUT2D eigenvalue weighted by Crippen LogP contribution is -2.22. The molecule has 0 fully saturated rings. The molecule has 200 valence electrons. The van der Waals surface area contributed by atoms with Crippen LogP contribution in [0.3, 0.4) is 0 Å². The first-order valence-corrected chi connectivity index (χ1v) is 14.5. The third-order valence-corrected chi connectivity index (χ3v) is 7.95. The van der Waals surface area contributed by atoms with Gasteiger partial charge in [0, 0.05) is 17.5 Å². The lowest BCUT2D eigenvalue weighted by Gasteiger charge is -2.34. The Labute approximate surface area is 222 Å². The fourth-order valence-electron chi connectivity index (χ4n) is 4.42. The second-order valence-corrected chi connectivity index (χ2v) is 15.8. The Morgan fingerprint density at radius 2 is 0.972 bits per heavy atom. The molecule has 2 aromatic carbocycles. The van der Waals surface area contributed by atoms with Gasteiger partial charge < -0.3 is 9.05 Å². The molecule has 0 N–H and O–H groups in total. The van der Waals surface area contributed by atoms with Crippen LogP contribution in [0.2, 0.25) is 0 Å². The molecule has 0 saturated carbocycles. The van der Waals surface area contributed by atoms with Gasteiger partial charge in [-0.2, -0.15) is 0 Å². The van der Waals surface area contributed by atoms with E-state index in [1.54, 1.807) is 0 Å². The molecule has 0 radical (unpaired) electrons. The standard InChI is InChI=1S/C32H49O3P/c1-20(2)33-36-34-27-21(16-23(29(3,4)5)18-25(27)31(9,10)11)15-22-17-24(30(6,7)8)19-26(28(22)35-36)32(12,13)14/h16-20H,15H2,1-14H3. The topological polar surface area (TPSA) is 27.7 Å². The summed E-state index contributed by atoms with van der Waals surface area (Å²) in [6.45, 7) is 31.3. The van der Waals surface area contributed by atoms with E-state index < -0.39 is 8.60 Å². The average Bonchev–Trinajstić information content (AvgIpc) is 2.64. The van der Waals surface area contributed by atoms with Crippen LogP contribution in [-0.4, -0.2) is 6.10 Å². The van der Waals surface area contributed by atoms with E-state index in [0.29, 0.717) is 0 Å². The van der Waals surface area contributed by atoms with E-state index in [9.17, 15) is 0 Å². The van der Waals surface area contributed by atoms with Crippen LogP contribution in [-0.2, 0) is 32.6 Å². The Balaban J connectivity index is 2.40. The van der Waals surface area contributed by atoms with Crippen molar-refractivity contribution in [1.82, 2.24) is 0 Å². The molecule has 0 aliphatic carbocycles. The molecule has 2 aromatic rings. The van der Waals surface area contributed by atoms with Crippen molar-refractivity contribution in [1.29, 1.82) is 0 Å². The summed E-state index contributed by atoms with van der Waals surface area (Å²) in [5, 5.41) is 0. The predicted octanol–water partition coefficient (Wildman–Crippen LogP) is 9.89. The maximum Gasteiger partial charge on any atom is 0.463 e. The smallest absolute Gasteiger partial charge is 0.417 e. The molecule has 0 unspecified atom stereocenters. The van der Waals surface area contributed by atoms with Crippen LogP contribution in [0.1, 0.15) is 130 Å². The molecular weight excluding hydrogens is 463 g/mol. The van der Waals surface area contributed by atoms with Crippen LogP contribution in [0.5, 0.6) is 11.5 Å². The van der Waals surface area contributed by atoms with Crippen LogP contribution < -0.4 is 9.05 Å². The zero-order chi connectivity index (χ0) is 27.4. The van der Waals surface area contributed by atoms with Gasteiger partial charge in [0.25, 0.3) is 0 Å². The molecule has 4 heteroatoms. The average molecular weight is 513 g/mol. The van der Waals surface area contributed by atoms with E-state index in [1.807, 2.05) is 13.8 Å². The quantitative estimate of drug-likeness (QED) is 0.375. The van der Waals surface area contributed by atoms with Crippen LogP contribution in [0.4, 0.5) is 0 Å². The maximum absolute atomic E-state index is 6.72. The van der Waals surface area contributed by atoms with Gasteiger partial charge in [-0.25, -0.2) is 0 Å². The van der Waals surface area contributed by atoms with Gasteiger partial charge in [0.15, 0.2) is 0 Å². The molecule has 0 spiro atoms. The third-order valence-electron chi connectivity index (χ3n) is 6.69. The monoisotopic (exact) mass is 512 g/mol. The predicted molar refractivity (Wildman–Crippen MR) is 155 cm³/mol.